The Morgan fingerprint density at radius 1 is 1.17 bits per heavy atom. The Morgan fingerprint density at radius 2 is 1.87 bits per heavy atom. The average Bonchev–Trinajstić information content (AvgIpc) is 2.44. The summed E-state index contributed by atoms with van der Waals surface area (Å²) in [4.78, 5) is 22.8. The lowest BCUT2D eigenvalue weighted by Crippen LogP contribution is -2.15. The van der Waals surface area contributed by atoms with Gasteiger partial charge in [0.05, 0.1) is 5.75 Å². The third-order valence-corrected chi connectivity index (χ3v) is 3.85. The van der Waals surface area contributed by atoms with E-state index in [0.717, 1.165) is 29.2 Å². The number of nitrogens with one attached hydrogen (secondary N) is 1. The summed E-state index contributed by atoms with van der Waals surface area (Å²) in [5.41, 5.74) is 3.81. The van der Waals surface area contributed by atoms with Crippen LogP contribution in [0, 0.1) is 13.8 Å². The van der Waals surface area contributed by atoms with Crippen LogP contribution in [0.4, 0.5) is 5.69 Å². The van der Waals surface area contributed by atoms with Crippen LogP contribution in [0.25, 0.3) is 0 Å². The highest BCUT2D eigenvalue weighted by atomic mass is 32.2. The van der Waals surface area contributed by atoms with Gasteiger partial charge >= 0.3 is 0 Å². The van der Waals surface area contributed by atoms with Gasteiger partial charge in [0.15, 0.2) is 5.16 Å². The van der Waals surface area contributed by atoms with Crippen LogP contribution in [-0.4, -0.2) is 40.6 Å². The molecule has 1 heterocycles. The largest absolute Gasteiger partial charge is 0.325 e. The van der Waals surface area contributed by atoms with Crippen molar-refractivity contribution < 1.29 is 4.79 Å². The number of nitrogens with zero attached hydrogens (tertiary/aromatic N) is 3. The summed E-state index contributed by atoms with van der Waals surface area (Å²) in [6, 6.07) is 9.81. The fourth-order valence-electron chi connectivity index (χ4n) is 2.20. The molecule has 0 aliphatic heterocycles. The third kappa shape index (κ3) is 6.00. The number of thioether (sulfide) groups is 1. The molecule has 1 N–H and O–H groups in total. The first-order valence-electron chi connectivity index (χ1n) is 7.41. The maximum absolute atomic E-state index is 12.1. The van der Waals surface area contributed by atoms with Crippen LogP contribution >= 0.6 is 11.8 Å². The fourth-order valence-corrected chi connectivity index (χ4v) is 2.95. The monoisotopic (exact) mass is 330 g/mol. The Labute approximate surface area is 141 Å². The van der Waals surface area contributed by atoms with Crippen LogP contribution < -0.4 is 5.32 Å². The minimum atomic E-state index is -0.0558. The fraction of sp³-hybridized carbons (Fsp3) is 0.353. The molecule has 122 valence electrons. The summed E-state index contributed by atoms with van der Waals surface area (Å²) >= 11 is 1.35. The summed E-state index contributed by atoms with van der Waals surface area (Å²) in [5.74, 6) is 0.237. The third-order valence-electron chi connectivity index (χ3n) is 3.00. The molecule has 5 nitrogen and oxygen atoms in total. The van der Waals surface area contributed by atoms with Crippen molar-refractivity contribution in [3.63, 3.8) is 0 Å². The van der Waals surface area contributed by atoms with Gasteiger partial charge in [-0.15, -0.1) is 0 Å². The molecule has 0 atom stereocenters. The Hall–Kier alpha value is -1.92. The van der Waals surface area contributed by atoms with Gasteiger partial charge in [-0.05, 0) is 51.7 Å². The van der Waals surface area contributed by atoms with Gasteiger partial charge in [-0.2, -0.15) is 0 Å². The number of carbonyl (C=O) groups is 1. The van der Waals surface area contributed by atoms with Crippen molar-refractivity contribution in [2.75, 3.05) is 25.2 Å². The summed E-state index contributed by atoms with van der Waals surface area (Å²) in [6.45, 7) is 4.69. The molecular formula is C17H22N4OS. The second kappa shape index (κ2) is 8.08. The molecule has 1 aromatic heterocycles. The minimum absolute atomic E-state index is 0.0558. The van der Waals surface area contributed by atoms with Crippen LogP contribution in [0.3, 0.4) is 0 Å². The van der Waals surface area contributed by atoms with Crippen molar-refractivity contribution in [1.82, 2.24) is 14.9 Å². The summed E-state index contributed by atoms with van der Waals surface area (Å²) in [5, 5.41) is 3.56. The topological polar surface area (TPSA) is 58.1 Å². The van der Waals surface area contributed by atoms with E-state index in [9.17, 15) is 4.79 Å². The van der Waals surface area contributed by atoms with Crippen LogP contribution in [-0.2, 0) is 11.3 Å². The summed E-state index contributed by atoms with van der Waals surface area (Å²) in [6.07, 6.45) is 0. The van der Waals surface area contributed by atoms with Crippen LogP contribution in [0.2, 0.25) is 0 Å². The van der Waals surface area contributed by atoms with E-state index < -0.39 is 0 Å². The first-order valence-corrected chi connectivity index (χ1v) is 8.39. The molecule has 0 saturated heterocycles. The van der Waals surface area contributed by atoms with Crippen molar-refractivity contribution >= 4 is 23.4 Å². The highest BCUT2D eigenvalue weighted by Crippen LogP contribution is 2.16. The van der Waals surface area contributed by atoms with Gasteiger partial charge in [0.2, 0.25) is 5.91 Å². The molecule has 0 spiro atoms. The van der Waals surface area contributed by atoms with Gasteiger partial charge in [-0.25, -0.2) is 9.97 Å². The molecule has 0 fully saturated rings. The highest BCUT2D eigenvalue weighted by molar-refractivity contribution is 7.99. The molecule has 0 saturated carbocycles. The van der Waals surface area contributed by atoms with E-state index in [-0.39, 0.29) is 5.91 Å². The number of hydrogen-bond donors (Lipinski definition) is 1. The van der Waals surface area contributed by atoms with Crippen molar-refractivity contribution in [3.05, 3.63) is 47.3 Å². The molecule has 23 heavy (non-hydrogen) atoms. The van der Waals surface area contributed by atoms with E-state index in [1.165, 1.54) is 11.8 Å². The Morgan fingerprint density at radius 3 is 2.52 bits per heavy atom. The zero-order valence-corrected chi connectivity index (χ0v) is 14.8. The minimum Gasteiger partial charge on any atom is -0.325 e. The molecule has 0 radical (unpaired) electrons. The predicted molar refractivity (Wildman–Crippen MR) is 94.7 cm³/mol. The standard InChI is InChI=1S/C17H22N4OS/c1-12-8-13(2)19-17(18-12)23-11-16(22)20-15-7-5-6-14(9-15)10-21(3)4/h5-9H,10-11H2,1-4H3,(H,20,22). The van der Waals surface area contributed by atoms with E-state index in [1.807, 2.05) is 58.3 Å². The molecule has 6 heteroatoms. The lowest BCUT2D eigenvalue weighted by molar-refractivity contribution is -0.113. The second-order valence-corrected chi connectivity index (χ2v) is 6.65. The van der Waals surface area contributed by atoms with Gasteiger partial charge < -0.3 is 10.2 Å². The number of rotatable bonds is 6. The lowest BCUT2D eigenvalue weighted by atomic mass is 10.2. The molecule has 1 aromatic carbocycles. The van der Waals surface area contributed by atoms with E-state index in [0.29, 0.717) is 10.9 Å². The van der Waals surface area contributed by atoms with Gasteiger partial charge in [-0.3, -0.25) is 4.79 Å². The van der Waals surface area contributed by atoms with Gasteiger partial charge in [0, 0.05) is 23.6 Å². The normalized spacial score (nSPS) is 10.8. The highest BCUT2D eigenvalue weighted by Gasteiger charge is 2.07. The van der Waals surface area contributed by atoms with Crippen molar-refractivity contribution in [2.24, 2.45) is 0 Å². The summed E-state index contributed by atoms with van der Waals surface area (Å²) in [7, 11) is 4.04. The van der Waals surface area contributed by atoms with Gasteiger partial charge in [0.1, 0.15) is 0 Å². The Balaban J connectivity index is 1.92. The number of aromatic nitrogens is 2. The molecule has 2 aromatic rings. The van der Waals surface area contributed by atoms with Crippen molar-refractivity contribution in [2.45, 2.75) is 25.5 Å². The van der Waals surface area contributed by atoms with Crippen LogP contribution in [0.15, 0.2) is 35.5 Å². The van der Waals surface area contributed by atoms with E-state index in [4.69, 9.17) is 0 Å². The number of hydrogen-bond acceptors (Lipinski definition) is 5. The van der Waals surface area contributed by atoms with Gasteiger partial charge in [-0.1, -0.05) is 23.9 Å². The van der Waals surface area contributed by atoms with Crippen LogP contribution in [0.5, 0.6) is 0 Å². The SMILES string of the molecule is Cc1cc(C)nc(SCC(=O)Nc2cccc(CN(C)C)c2)n1. The van der Waals surface area contributed by atoms with E-state index >= 15 is 0 Å². The Kier molecular flexibility index (Phi) is 6.12. The smallest absolute Gasteiger partial charge is 0.234 e. The number of amides is 1. The molecule has 0 aliphatic carbocycles. The van der Waals surface area contributed by atoms with E-state index in [2.05, 4.69) is 20.2 Å². The maximum Gasteiger partial charge on any atom is 0.234 e. The maximum atomic E-state index is 12.1. The van der Waals surface area contributed by atoms with Crippen molar-refractivity contribution in [3.8, 4) is 0 Å². The number of benzene rings is 1. The molecule has 0 unspecified atom stereocenters. The first kappa shape index (κ1) is 17.4. The lowest BCUT2D eigenvalue weighted by Gasteiger charge is -2.11. The molecule has 0 aliphatic rings. The first-order chi connectivity index (χ1) is 10.9. The second-order valence-electron chi connectivity index (χ2n) is 5.71. The summed E-state index contributed by atoms with van der Waals surface area (Å²) < 4.78 is 0. The molecular weight excluding hydrogens is 308 g/mol. The quantitative estimate of drug-likeness (QED) is 0.652. The predicted octanol–water partition coefficient (Wildman–Crippen LogP) is 2.89. The van der Waals surface area contributed by atoms with E-state index in [1.54, 1.807) is 0 Å². The number of aryl methyl sites for hydroxylation is 2. The zero-order chi connectivity index (χ0) is 16.8. The average molecular weight is 330 g/mol. The molecule has 0 bridgehead atoms. The number of anilines is 1. The molecule has 1 amide bonds. The van der Waals surface area contributed by atoms with Crippen molar-refractivity contribution in [1.29, 1.82) is 0 Å². The Bertz CT molecular complexity index is 668. The molecule has 2 rings (SSSR count). The zero-order valence-electron chi connectivity index (χ0n) is 14.0. The van der Waals surface area contributed by atoms with Gasteiger partial charge in [0.25, 0.3) is 0 Å². The number of carbonyl (C=O) groups excluding carboxylic acids is 1. The van der Waals surface area contributed by atoms with Crippen LogP contribution in [0.1, 0.15) is 17.0 Å².